The van der Waals surface area contributed by atoms with E-state index in [0.717, 1.165) is 5.56 Å². The highest BCUT2D eigenvalue weighted by Gasteiger charge is 2.19. The van der Waals surface area contributed by atoms with Gasteiger partial charge >= 0.3 is 0 Å². The van der Waals surface area contributed by atoms with Crippen molar-refractivity contribution in [2.75, 3.05) is 4.90 Å². The van der Waals surface area contributed by atoms with Crippen molar-refractivity contribution in [2.45, 2.75) is 19.5 Å². The maximum absolute atomic E-state index is 13.8. The Morgan fingerprint density at radius 1 is 0.912 bits per heavy atom. The Hall–Kier alpha value is -3.90. The molecule has 0 fully saturated rings. The second kappa shape index (κ2) is 10.8. The fourth-order valence-electron chi connectivity index (χ4n) is 3.49. The molecule has 0 unspecified atom stereocenters. The van der Waals surface area contributed by atoms with Crippen molar-refractivity contribution >= 4 is 29.1 Å². The van der Waals surface area contributed by atoms with E-state index in [-0.39, 0.29) is 30.6 Å². The van der Waals surface area contributed by atoms with Crippen LogP contribution in [0.5, 0.6) is 0 Å². The maximum atomic E-state index is 13.8. The third-order valence-corrected chi connectivity index (χ3v) is 5.47. The number of hydrogen-bond acceptors (Lipinski definition) is 3. The molecule has 2 amide bonds. The third-order valence-electron chi connectivity index (χ3n) is 5.22. The largest absolute Gasteiger partial charge is 0.467 e. The molecule has 0 aliphatic heterocycles. The average molecular weight is 477 g/mol. The number of halogens is 2. The Morgan fingerprint density at radius 3 is 2.35 bits per heavy atom. The minimum Gasteiger partial charge on any atom is -0.467 e. The van der Waals surface area contributed by atoms with Gasteiger partial charge in [-0.25, -0.2) is 4.39 Å². The van der Waals surface area contributed by atoms with Gasteiger partial charge in [0.2, 0.25) is 5.91 Å². The first-order valence-electron chi connectivity index (χ1n) is 10.7. The number of rotatable bonds is 8. The fourth-order valence-corrected chi connectivity index (χ4v) is 3.61. The highest BCUT2D eigenvalue weighted by atomic mass is 35.5. The molecule has 0 radical (unpaired) electrons. The predicted octanol–water partition coefficient (Wildman–Crippen LogP) is 5.78. The molecule has 4 aromatic rings. The standard InChI is InChI=1S/C27H22ClFN2O3/c28-22-10-8-21(9-11-22)27(33)31(18-20-3-1-4-23(29)15-20)24-12-6-19(7-13-24)16-26(32)30-17-25-5-2-14-34-25/h1-15H,16-18H2,(H,30,32). The summed E-state index contributed by atoms with van der Waals surface area (Å²) in [5.41, 5.74) is 2.54. The molecule has 34 heavy (non-hydrogen) atoms. The first-order valence-corrected chi connectivity index (χ1v) is 11.1. The molecule has 0 saturated heterocycles. The number of carbonyl (C=O) groups is 2. The van der Waals surface area contributed by atoms with Crippen LogP contribution in [0.4, 0.5) is 10.1 Å². The van der Waals surface area contributed by atoms with Crippen molar-refractivity contribution in [2.24, 2.45) is 0 Å². The Labute approximate surface area is 201 Å². The highest BCUT2D eigenvalue weighted by Crippen LogP contribution is 2.22. The number of nitrogens with one attached hydrogen (secondary N) is 1. The summed E-state index contributed by atoms with van der Waals surface area (Å²) in [6.45, 7) is 0.503. The molecule has 1 N–H and O–H groups in total. The summed E-state index contributed by atoms with van der Waals surface area (Å²) in [6, 6.07) is 23.5. The minimum absolute atomic E-state index is 0.141. The van der Waals surface area contributed by atoms with Crippen LogP contribution in [0, 0.1) is 5.82 Å². The summed E-state index contributed by atoms with van der Waals surface area (Å²) in [7, 11) is 0. The van der Waals surface area contributed by atoms with Crippen LogP contribution in [0.25, 0.3) is 0 Å². The van der Waals surface area contributed by atoms with Gasteiger partial charge in [0.1, 0.15) is 11.6 Å². The van der Waals surface area contributed by atoms with Crippen LogP contribution in [0.3, 0.4) is 0 Å². The van der Waals surface area contributed by atoms with Gasteiger partial charge in [0.25, 0.3) is 5.91 Å². The second-order valence-electron chi connectivity index (χ2n) is 7.73. The van der Waals surface area contributed by atoms with Crippen molar-refractivity contribution < 1.29 is 18.4 Å². The van der Waals surface area contributed by atoms with Gasteiger partial charge in [-0.3, -0.25) is 9.59 Å². The number of benzene rings is 3. The van der Waals surface area contributed by atoms with E-state index in [1.54, 1.807) is 84.0 Å². The normalized spacial score (nSPS) is 10.6. The molecule has 0 spiro atoms. The monoisotopic (exact) mass is 476 g/mol. The van der Waals surface area contributed by atoms with E-state index in [1.165, 1.54) is 12.1 Å². The molecule has 3 aromatic carbocycles. The van der Waals surface area contributed by atoms with Crippen molar-refractivity contribution in [3.8, 4) is 0 Å². The summed E-state index contributed by atoms with van der Waals surface area (Å²) in [5.74, 6) is -0.0763. The number of furan rings is 1. The molecule has 0 saturated carbocycles. The van der Waals surface area contributed by atoms with E-state index >= 15 is 0 Å². The summed E-state index contributed by atoms with van der Waals surface area (Å²) in [6.07, 6.45) is 1.75. The van der Waals surface area contributed by atoms with Crippen LogP contribution in [0.1, 0.15) is 27.2 Å². The lowest BCUT2D eigenvalue weighted by molar-refractivity contribution is -0.120. The summed E-state index contributed by atoms with van der Waals surface area (Å²) >= 11 is 5.97. The molecule has 5 nitrogen and oxygen atoms in total. The van der Waals surface area contributed by atoms with Crippen LogP contribution in [0.2, 0.25) is 5.02 Å². The smallest absolute Gasteiger partial charge is 0.258 e. The topological polar surface area (TPSA) is 62.6 Å². The molecule has 1 heterocycles. The number of carbonyl (C=O) groups excluding carboxylic acids is 2. The van der Waals surface area contributed by atoms with Crippen LogP contribution >= 0.6 is 11.6 Å². The van der Waals surface area contributed by atoms with Gasteiger partial charge in [-0.2, -0.15) is 0 Å². The lowest BCUT2D eigenvalue weighted by Gasteiger charge is -2.23. The SMILES string of the molecule is O=C(Cc1ccc(N(Cc2cccc(F)c2)C(=O)c2ccc(Cl)cc2)cc1)NCc1ccco1. The molecule has 0 aliphatic rings. The minimum atomic E-state index is -0.368. The van der Waals surface area contributed by atoms with E-state index in [1.807, 2.05) is 0 Å². The number of hydrogen-bond donors (Lipinski definition) is 1. The molecule has 0 atom stereocenters. The van der Waals surface area contributed by atoms with Gasteiger partial charge in [-0.15, -0.1) is 0 Å². The van der Waals surface area contributed by atoms with Gasteiger partial charge < -0.3 is 14.6 Å². The van der Waals surface area contributed by atoms with Crippen LogP contribution in [-0.4, -0.2) is 11.8 Å². The fraction of sp³-hybridized carbons (Fsp3) is 0.111. The Balaban J connectivity index is 1.51. The Kier molecular flexibility index (Phi) is 7.40. The van der Waals surface area contributed by atoms with Crippen LogP contribution in [0.15, 0.2) is 95.6 Å². The molecule has 4 rings (SSSR count). The van der Waals surface area contributed by atoms with Gasteiger partial charge in [0.15, 0.2) is 0 Å². The zero-order valence-electron chi connectivity index (χ0n) is 18.2. The van der Waals surface area contributed by atoms with Crippen molar-refractivity contribution in [1.82, 2.24) is 5.32 Å². The molecule has 0 bridgehead atoms. The maximum Gasteiger partial charge on any atom is 0.258 e. The first kappa shape index (κ1) is 23.3. The van der Waals surface area contributed by atoms with E-state index in [0.29, 0.717) is 34.1 Å². The molecular weight excluding hydrogens is 455 g/mol. The predicted molar refractivity (Wildman–Crippen MR) is 129 cm³/mol. The second-order valence-corrected chi connectivity index (χ2v) is 8.16. The zero-order valence-corrected chi connectivity index (χ0v) is 19.0. The van der Waals surface area contributed by atoms with Crippen molar-refractivity contribution in [3.05, 3.63) is 124 Å². The number of amides is 2. The Morgan fingerprint density at radius 2 is 1.68 bits per heavy atom. The van der Waals surface area contributed by atoms with Crippen LogP contribution in [-0.2, 0) is 24.3 Å². The van der Waals surface area contributed by atoms with E-state index in [9.17, 15) is 14.0 Å². The van der Waals surface area contributed by atoms with Gasteiger partial charge in [-0.1, -0.05) is 35.9 Å². The third kappa shape index (κ3) is 6.11. The van der Waals surface area contributed by atoms with E-state index < -0.39 is 0 Å². The summed E-state index contributed by atoms with van der Waals surface area (Å²) in [4.78, 5) is 27.1. The van der Waals surface area contributed by atoms with Gasteiger partial charge in [0.05, 0.1) is 25.8 Å². The Bertz CT molecular complexity index is 1260. The molecule has 7 heteroatoms. The lowest BCUT2D eigenvalue weighted by Crippen LogP contribution is -2.30. The highest BCUT2D eigenvalue weighted by molar-refractivity contribution is 6.30. The summed E-state index contributed by atoms with van der Waals surface area (Å²) < 4.78 is 19.0. The van der Waals surface area contributed by atoms with Crippen molar-refractivity contribution in [3.63, 3.8) is 0 Å². The van der Waals surface area contributed by atoms with Crippen molar-refractivity contribution in [1.29, 1.82) is 0 Å². The molecule has 1 aromatic heterocycles. The van der Waals surface area contributed by atoms with Gasteiger partial charge in [-0.05, 0) is 71.8 Å². The van der Waals surface area contributed by atoms with E-state index in [4.69, 9.17) is 16.0 Å². The first-order chi connectivity index (χ1) is 16.5. The average Bonchev–Trinajstić information content (AvgIpc) is 3.36. The zero-order chi connectivity index (χ0) is 23.9. The molecule has 0 aliphatic carbocycles. The summed E-state index contributed by atoms with van der Waals surface area (Å²) in [5, 5.41) is 3.34. The number of anilines is 1. The molecular formula is C27H22ClFN2O3. The molecule has 172 valence electrons. The van der Waals surface area contributed by atoms with Crippen LogP contribution < -0.4 is 10.2 Å². The quantitative estimate of drug-likeness (QED) is 0.351. The van der Waals surface area contributed by atoms with E-state index in [2.05, 4.69) is 5.32 Å². The van der Waals surface area contributed by atoms with Gasteiger partial charge in [0, 0.05) is 16.3 Å². The number of nitrogens with zero attached hydrogens (tertiary/aromatic N) is 1. The lowest BCUT2D eigenvalue weighted by atomic mass is 10.1.